The monoisotopic (exact) mass is 450 g/mol. The zero-order valence-corrected chi connectivity index (χ0v) is 18.8. The number of anilines is 4. The van der Waals surface area contributed by atoms with E-state index in [0.29, 0.717) is 5.69 Å². The first kappa shape index (κ1) is 23.5. The van der Waals surface area contributed by atoms with Crippen LogP contribution in [0.4, 0.5) is 22.7 Å². The van der Waals surface area contributed by atoms with Crippen LogP contribution in [0.2, 0.25) is 0 Å². The standard InChI is InChI=1S/C24H26N4O5/c1-13(2)17(23(32)25-14-9-6-5-7-10-14)27-19-18(21(30)22(19)31)26-16-12-8-11-15(20(16)29)24(33)28(3)4/h5-13,17,26-27,29H,1-4H3,(H,25,32). The second-order valence-electron chi connectivity index (χ2n) is 8.16. The summed E-state index contributed by atoms with van der Waals surface area (Å²) in [5.74, 6) is -1.34. The Morgan fingerprint density at radius 2 is 1.55 bits per heavy atom. The number of nitrogens with zero attached hydrogens (tertiary/aromatic N) is 1. The van der Waals surface area contributed by atoms with Gasteiger partial charge in [-0.1, -0.05) is 38.1 Å². The number of hydrogen-bond acceptors (Lipinski definition) is 7. The molecule has 0 saturated heterocycles. The molecule has 0 fully saturated rings. The molecule has 0 bridgehead atoms. The lowest BCUT2D eigenvalue weighted by molar-refractivity contribution is -0.117. The molecule has 0 aliphatic carbocycles. The molecule has 0 spiro atoms. The summed E-state index contributed by atoms with van der Waals surface area (Å²) >= 11 is 0. The fourth-order valence-electron chi connectivity index (χ4n) is 3.27. The molecule has 2 amide bonds. The van der Waals surface area contributed by atoms with E-state index >= 15 is 0 Å². The second-order valence-corrected chi connectivity index (χ2v) is 8.16. The summed E-state index contributed by atoms with van der Waals surface area (Å²) < 4.78 is 0. The lowest BCUT2D eigenvalue weighted by Gasteiger charge is -2.25. The zero-order chi connectivity index (χ0) is 24.3. The Morgan fingerprint density at radius 1 is 0.909 bits per heavy atom. The molecule has 0 heterocycles. The van der Waals surface area contributed by atoms with E-state index in [1.165, 1.54) is 17.0 Å². The van der Waals surface area contributed by atoms with Gasteiger partial charge in [-0.3, -0.25) is 19.2 Å². The van der Waals surface area contributed by atoms with Crippen molar-refractivity contribution < 1.29 is 14.7 Å². The van der Waals surface area contributed by atoms with Gasteiger partial charge in [0.15, 0.2) is 5.75 Å². The maximum atomic E-state index is 12.8. The highest BCUT2D eigenvalue weighted by Crippen LogP contribution is 2.32. The van der Waals surface area contributed by atoms with Crippen molar-refractivity contribution in [1.29, 1.82) is 0 Å². The van der Waals surface area contributed by atoms with Crippen LogP contribution in [0.3, 0.4) is 0 Å². The minimum atomic E-state index is -0.802. The summed E-state index contributed by atoms with van der Waals surface area (Å²) in [6.45, 7) is 3.62. The minimum absolute atomic E-state index is 0.0421. The number of phenols is 1. The van der Waals surface area contributed by atoms with Crippen LogP contribution < -0.4 is 26.8 Å². The number of para-hydroxylation sites is 2. The molecule has 172 valence electrons. The third-order valence-corrected chi connectivity index (χ3v) is 5.13. The maximum absolute atomic E-state index is 12.8. The summed E-state index contributed by atoms with van der Waals surface area (Å²) in [6, 6.07) is 12.5. The predicted octanol–water partition coefficient (Wildman–Crippen LogP) is 2.51. The van der Waals surface area contributed by atoms with Crippen LogP contribution in [0.5, 0.6) is 5.75 Å². The Kier molecular flexibility index (Phi) is 6.81. The lowest BCUT2D eigenvalue weighted by Crippen LogP contribution is -2.45. The van der Waals surface area contributed by atoms with Gasteiger partial charge in [0.2, 0.25) is 5.91 Å². The van der Waals surface area contributed by atoms with Crippen LogP contribution in [0.1, 0.15) is 24.2 Å². The van der Waals surface area contributed by atoms with E-state index in [9.17, 15) is 24.3 Å². The smallest absolute Gasteiger partial charge is 0.257 e. The van der Waals surface area contributed by atoms with Crippen LogP contribution in [0.15, 0.2) is 58.1 Å². The Bertz CT molecular complexity index is 1240. The summed E-state index contributed by atoms with van der Waals surface area (Å²) in [4.78, 5) is 50.9. The first-order valence-electron chi connectivity index (χ1n) is 10.4. The number of phenolic OH excluding ortho intramolecular Hbond substituents is 1. The van der Waals surface area contributed by atoms with Gasteiger partial charge >= 0.3 is 0 Å². The molecule has 1 atom stereocenters. The average Bonchev–Trinajstić information content (AvgIpc) is 2.79. The quantitative estimate of drug-likeness (QED) is 0.307. The van der Waals surface area contributed by atoms with Crippen LogP contribution in [-0.4, -0.2) is 42.0 Å². The van der Waals surface area contributed by atoms with E-state index < -0.39 is 22.8 Å². The highest BCUT2D eigenvalue weighted by atomic mass is 16.3. The summed E-state index contributed by atoms with van der Waals surface area (Å²) in [5, 5.41) is 18.9. The number of nitrogens with one attached hydrogen (secondary N) is 3. The molecule has 3 aromatic rings. The normalized spacial score (nSPS) is 11.8. The molecule has 0 aromatic heterocycles. The number of rotatable bonds is 8. The average molecular weight is 450 g/mol. The van der Waals surface area contributed by atoms with Crippen LogP contribution >= 0.6 is 0 Å². The Balaban J connectivity index is 1.86. The highest BCUT2D eigenvalue weighted by molar-refractivity contribution is 6.00. The van der Waals surface area contributed by atoms with Crippen molar-refractivity contribution in [3.8, 4) is 5.75 Å². The summed E-state index contributed by atoms with van der Waals surface area (Å²) in [5.41, 5.74) is -0.949. The molecule has 0 radical (unpaired) electrons. The highest BCUT2D eigenvalue weighted by Gasteiger charge is 2.29. The first-order valence-corrected chi connectivity index (χ1v) is 10.4. The van der Waals surface area contributed by atoms with Gasteiger partial charge in [0.25, 0.3) is 16.8 Å². The molecule has 0 saturated carbocycles. The van der Waals surface area contributed by atoms with E-state index in [1.54, 1.807) is 44.4 Å². The fourth-order valence-corrected chi connectivity index (χ4v) is 3.27. The van der Waals surface area contributed by atoms with Gasteiger partial charge in [-0.15, -0.1) is 0 Å². The molecule has 3 rings (SSSR count). The number of aromatic hydroxyl groups is 1. The third-order valence-electron chi connectivity index (χ3n) is 5.13. The zero-order valence-electron chi connectivity index (χ0n) is 18.8. The largest absolute Gasteiger partial charge is 0.505 e. The van der Waals surface area contributed by atoms with Crippen LogP contribution in [-0.2, 0) is 4.79 Å². The number of benzene rings is 2. The van der Waals surface area contributed by atoms with E-state index in [0.717, 1.165) is 0 Å². The van der Waals surface area contributed by atoms with Gasteiger partial charge in [-0.05, 0) is 30.2 Å². The number of hydrogen-bond donors (Lipinski definition) is 4. The van der Waals surface area contributed by atoms with Crippen molar-refractivity contribution >= 4 is 34.6 Å². The van der Waals surface area contributed by atoms with Gasteiger partial charge in [0, 0.05) is 19.8 Å². The van der Waals surface area contributed by atoms with Gasteiger partial charge in [-0.25, -0.2) is 0 Å². The van der Waals surface area contributed by atoms with E-state index in [4.69, 9.17) is 0 Å². The molecule has 4 N–H and O–H groups in total. The van der Waals surface area contributed by atoms with Gasteiger partial charge in [0.05, 0.1) is 11.3 Å². The van der Waals surface area contributed by atoms with Crippen molar-refractivity contribution in [1.82, 2.24) is 4.90 Å². The molecule has 9 nitrogen and oxygen atoms in total. The first-order chi connectivity index (χ1) is 15.6. The molecule has 1 unspecified atom stereocenters. The van der Waals surface area contributed by atoms with Crippen molar-refractivity contribution in [2.75, 3.05) is 30.0 Å². The molecule has 0 aliphatic rings. The molecule has 0 aliphatic heterocycles. The Hall–Kier alpha value is -4.14. The molecular weight excluding hydrogens is 424 g/mol. The van der Waals surface area contributed by atoms with E-state index in [-0.39, 0.29) is 40.2 Å². The van der Waals surface area contributed by atoms with Crippen LogP contribution in [0.25, 0.3) is 0 Å². The molecule has 9 heteroatoms. The number of amides is 2. The van der Waals surface area contributed by atoms with E-state index in [1.807, 2.05) is 19.9 Å². The summed E-state index contributed by atoms with van der Waals surface area (Å²) in [7, 11) is 3.10. The van der Waals surface area contributed by atoms with Crippen molar-refractivity contribution in [2.45, 2.75) is 19.9 Å². The maximum Gasteiger partial charge on any atom is 0.257 e. The number of carbonyl (C=O) groups excluding carboxylic acids is 2. The van der Waals surface area contributed by atoms with Crippen LogP contribution in [0, 0.1) is 5.92 Å². The fraction of sp³-hybridized carbons (Fsp3) is 0.250. The molecular formula is C24H26N4O5. The van der Waals surface area contributed by atoms with Crippen molar-refractivity contribution in [2.24, 2.45) is 5.92 Å². The van der Waals surface area contributed by atoms with Gasteiger partial charge < -0.3 is 26.0 Å². The van der Waals surface area contributed by atoms with Crippen molar-refractivity contribution in [3.63, 3.8) is 0 Å². The minimum Gasteiger partial charge on any atom is -0.505 e. The second kappa shape index (κ2) is 9.56. The summed E-state index contributed by atoms with van der Waals surface area (Å²) in [6.07, 6.45) is 0. The van der Waals surface area contributed by atoms with Crippen molar-refractivity contribution in [3.05, 3.63) is 74.5 Å². The molecule has 3 aromatic carbocycles. The Morgan fingerprint density at radius 3 is 2.15 bits per heavy atom. The predicted molar refractivity (Wildman–Crippen MR) is 128 cm³/mol. The van der Waals surface area contributed by atoms with Gasteiger partial charge in [-0.2, -0.15) is 0 Å². The topological polar surface area (TPSA) is 128 Å². The lowest BCUT2D eigenvalue weighted by atomic mass is 10.0. The van der Waals surface area contributed by atoms with Gasteiger partial charge in [0.1, 0.15) is 17.4 Å². The number of carbonyl (C=O) groups is 2. The SMILES string of the molecule is CC(C)C(Nc1c(Nc2cccc(C(=O)N(C)C)c2O)c(=O)c1=O)C(=O)Nc1ccccc1. The third kappa shape index (κ3) is 4.87. The Labute approximate surface area is 190 Å². The molecule has 33 heavy (non-hydrogen) atoms. The van der Waals surface area contributed by atoms with E-state index in [2.05, 4.69) is 16.0 Å².